The smallest absolute Gasteiger partial charge is 0.158 e. The van der Waals surface area contributed by atoms with E-state index in [2.05, 4.69) is 0 Å². The summed E-state index contributed by atoms with van der Waals surface area (Å²) in [5.41, 5.74) is 5.42. The Labute approximate surface area is 98.4 Å². The first-order valence-corrected chi connectivity index (χ1v) is 6.33. The molecule has 2 unspecified atom stereocenters. The minimum atomic E-state index is -0.00495. The molecule has 1 saturated heterocycles. The molecule has 1 heterocycles. The second kappa shape index (κ2) is 8.93. The van der Waals surface area contributed by atoms with Gasteiger partial charge < -0.3 is 19.9 Å². The lowest BCUT2D eigenvalue weighted by Crippen LogP contribution is -2.18. The van der Waals surface area contributed by atoms with Gasteiger partial charge in [0.25, 0.3) is 0 Å². The number of hydrogen-bond acceptors (Lipinski definition) is 4. The Hall–Kier alpha value is -0.160. The summed E-state index contributed by atoms with van der Waals surface area (Å²) in [5.74, 6) is 0. The molecular formula is C12H25NO3. The lowest BCUT2D eigenvalue weighted by molar-refractivity contribution is -0.142. The number of hydrogen-bond donors (Lipinski definition) is 1. The Morgan fingerprint density at radius 2 is 2.00 bits per heavy atom. The molecule has 2 N–H and O–H groups in total. The van der Waals surface area contributed by atoms with Gasteiger partial charge in [-0.25, -0.2) is 0 Å². The van der Waals surface area contributed by atoms with E-state index in [4.69, 9.17) is 19.9 Å². The Morgan fingerprint density at radius 3 is 2.75 bits per heavy atom. The fourth-order valence-electron chi connectivity index (χ4n) is 1.92. The topological polar surface area (TPSA) is 53.7 Å². The van der Waals surface area contributed by atoms with Crippen LogP contribution in [0.3, 0.4) is 0 Å². The highest BCUT2D eigenvalue weighted by molar-refractivity contribution is 4.67. The van der Waals surface area contributed by atoms with Crippen LogP contribution in [0.4, 0.5) is 0 Å². The van der Waals surface area contributed by atoms with E-state index >= 15 is 0 Å². The number of ether oxygens (including phenoxy) is 3. The highest BCUT2D eigenvalue weighted by Crippen LogP contribution is 2.20. The van der Waals surface area contributed by atoms with Crippen molar-refractivity contribution in [1.82, 2.24) is 0 Å². The zero-order chi connectivity index (χ0) is 11.6. The Morgan fingerprint density at radius 1 is 1.19 bits per heavy atom. The van der Waals surface area contributed by atoms with Crippen LogP contribution in [-0.4, -0.2) is 39.3 Å². The summed E-state index contributed by atoms with van der Waals surface area (Å²) in [4.78, 5) is 0. The molecule has 1 fully saturated rings. The lowest BCUT2D eigenvalue weighted by Gasteiger charge is -2.13. The summed E-state index contributed by atoms with van der Waals surface area (Å²) < 4.78 is 16.4. The Bertz CT molecular complexity index is 166. The van der Waals surface area contributed by atoms with Gasteiger partial charge in [0.05, 0.1) is 12.7 Å². The molecule has 0 aromatic rings. The van der Waals surface area contributed by atoms with E-state index in [0.29, 0.717) is 6.61 Å². The van der Waals surface area contributed by atoms with Crippen molar-refractivity contribution in [3.05, 3.63) is 0 Å². The average Bonchev–Trinajstić information content (AvgIpc) is 2.72. The van der Waals surface area contributed by atoms with Crippen LogP contribution in [-0.2, 0) is 14.2 Å². The lowest BCUT2D eigenvalue weighted by atomic mass is 10.2. The van der Waals surface area contributed by atoms with Crippen LogP contribution in [0.1, 0.15) is 38.5 Å². The van der Waals surface area contributed by atoms with Crippen molar-refractivity contribution in [2.75, 3.05) is 26.9 Å². The normalized spacial score (nSPS) is 25.1. The first kappa shape index (κ1) is 13.9. The molecular weight excluding hydrogens is 206 g/mol. The molecule has 0 aromatic heterocycles. The second-order valence-electron chi connectivity index (χ2n) is 4.29. The Kier molecular flexibility index (Phi) is 7.76. The van der Waals surface area contributed by atoms with Gasteiger partial charge in [0.1, 0.15) is 0 Å². The predicted octanol–water partition coefficient (Wildman–Crippen LogP) is 1.67. The molecule has 16 heavy (non-hydrogen) atoms. The van der Waals surface area contributed by atoms with E-state index in [1.54, 1.807) is 7.11 Å². The molecule has 96 valence electrons. The highest BCUT2D eigenvalue weighted by Gasteiger charge is 2.25. The van der Waals surface area contributed by atoms with Gasteiger partial charge in [0.15, 0.2) is 6.29 Å². The van der Waals surface area contributed by atoms with Gasteiger partial charge >= 0.3 is 0 Å². The maximum absolute atomic E-state index is 5.66. The minimum absolute atomic E-state index is 0.00495. The van der Waals surface area contributed by atoms with Gasteiger partial charge in [-0.1, -0.05) is 12.8 Å². The van der Waals surface area contributed by atoms with Crippen LogP contribution < -0.4 is 5.73 Å². The summed E-state index contributed by atoms with van der Waals surface area (Å²) in [5, 5.41) is 0. The van der Waals surface area contributed by atoms with Gasteiger partial charge in [-0.05, 0) is 25.8 Å². The van der Waals surface area contributed by atoms with E-state index in [-0.39, 0.29) is 12.4 Å². The molecule has 1 aliphatic heterocycles. The van der Waals surface area contributed by atoms with Crippen LogP contribution in [0.25, 0.3) is 0 Å². The van der Waals surface area contributed by atoms with Crippen LogP contribution >= 0.6 is 0 Å². The third kappa shape index (κ3) is 5.80. The number of rotatable bonds is 9. The quantitative estimate of drug-likeness (QED) is 0.613. The summed E-state index contributed by atoms with van der Waals surface area (Å²) in [6, 6.07) is 0. The fourth-order valence-corrected chi connectivity index (χ4v) is 1.92. The molecule has 0 saturated carbocycles. The molecule has 0 radical (unpaired) electrons. The summed E-state index contributed by atoms with van der Waals surface area (Å²) in [6.07, 6.45) is 6.90. The average molecular weight is 231 g/mol. The van der Waals surface area contributed by atoms with Crippen molar-refractivity contribution >= 4 is 0 Å². The van der Waals surface area contributed by atoms with Crippen molar-refractivity contribution < 1.29 is 14.2 Å². The fraction of sp³-hybridized carbons (Fsp3) is 1.00. The molecule has 0 amide bonds. The molecule has 1 rings (SSSR count). The van der Waals surface area contributed by atoms with Crippen LogP contribution in [0.15, 0.2) is 0 Å². The van der Waals surface area contributed by atoms with Crippen molar-refractivity contribution in [2.24, 2.45) is 5.73 Å². The minimum Gasteiger partial charge on any atom is -0.382 e. The van der Waals surface area contributed by atoms with Crippen molar-refractivity contribution in [3.8, 4) is 0 Å². The van der Waals surface area contributed by atoms with E-state index in [1.165, 1.54) is 12.8 Å². The molecule has 4 nitrogen and oxygen atoms in total. The van der Waals surface area contributed by atoms with E-state index in [0.717, 1.165) is 38.8 Å². The molecule has 1 aliphatic rings. The van der Waals surface area contributed by atoms with Crippen molar-refractivity contribution in [3.63, 3.8) is 0 Å². The van der Waals surface area contributed by atoms with Crippen LogP contribution in [0.2, 0.25) is 0 Å². The van der Waals surface area contributed by atoms with Gasteiger partial charge in [0, 0.05) is 20.1 Å². The second-order valence-corrected chi connectivity index (χ2v) is 4.29. The van der Waals surface area contributed by atoms with E-state index < -0.39 is 0 Å². The predicted molar refractivity (Wildman–Crippen MR) is 63.2 cm³/mol. The maximum atomic E-state index is 5.66. The monoisotopic (exact) mass is 231 g/mol. The third-order valence-electron chi connectivity index (χ3n) is 2.82. The van der Waals surface area contributed by atoms with Gasteiger partial charge in [-0.2, -0.15) is 0 Å². The highest BCUT2D eigenvalue weighted by atomic mass is 16.7. The number of methoxy groups -OCH3 is 1. The zero-order valence-electron chi connectivity index (χ0n) is 10.3. The maximum Gasteiger partial charge on any atom is 0.158 e. The van der Waals surface area contributed by atoms with Crippen molar-refractivity contribution in [1.29, 1.82) is 0 Å². The molecule has 0 spiro atoms. The van der Waals surface area contributed by atoms with Crippen molar-refractivity contribution in [2.45, 2.75) is 50.9 Å². The van der Waals surface area contributed by atoms with E-state index in [1.807, 2.05) is 0 Å². The SMILES string of the molecule is COCC1CCC(OCCCCCCN)O1. The van der Waals surface area contributed by atoms with Gasteiger partial charge in [0.2, 0.25) is 0 Å². The molecule has 0 bridgehead atoms. The molecule has 4 heteroatoms. The summed E-state index contributed by atoms with van der Waals surface area (Å²) in [6.45, 7) is 2.27. The third-order valence-corrected chi connectivity index (χ3v) is 2.82. The molecule has 2 atom stereocenters. The zero-order valence-corrected chi connectivity index (χ0v) is 10.3. The number of unbranched alkanes of at least 4 members (excludes halogenated alkanes) is 3. The van der Waals surface area contributed by atoms with Crippen LogP contribution in [0.5, 0.6) is 0 Å². The van der Waals surface area contributed by atoms with Gasteiger partial charge in [-0.15, -0.1) is 0 Å². The summed E-state index contributed by atoms with van der Waals surface area (Å²) >= 11 is 0. The Balaban J connectivity index is 1.90. The standard InChI is InChI=1S/C12H25NO3/c1-14-10-11-6-7-12(16-11)15-9-5-3-2-4-8-13/h11-12H,2-10,13H2,1H3. The first-order valence-electron chi connectivity index (χ1n) is 6.33. The summed E-state index contributed by atoms with van der Waals surface area (Å²) in [7, 11) is 1.70. The molecule has 0 aromatic carbocycles. The number of nitrogens with two attached hydrogens (primary N) is 1. The van der Waals surface area contributed by atoms with E-state index in [9.17, 15) is 0 Å². The first-order chi connectivity index (χ1) is 7.86. The largest absolute Gasteiger partial charge is 0.382 e. The molecule has 0 aliphatic carbocycles. The van der Waals surface area contributed by atoms with Crippen LogP contribution in [0, 0.1) is 0 Å². The van der Waals surface area contributed by atoms with Gasteiger partial charge in [-0.3, -0.25) is 0 Å².